The summed E-state index contributed by atoms with van der Waals surface area (Å²) in [5.41, 5.74) is 3.55. The summed E-state index contributed by atoms with van der Waals surface area (Å²) in [4.78, 5) is 14.3. The molecular weight excluding hydrogens is 334 g/mol. The van der Waals surface area contributed by atoms with Crippen molar-refractivity contribution in [3.05, 3.63) is 59.2 Å². The molecule has 1 unspecified atom stereocenters. The van der Waals surface area contributed by atoms with Crippen LogP contribution in [-0.2, 0) is 11.2 Å². The number of carbonyl (C=O) groups is 1. The van der Waals surface area contributed by atoms with Crippen molar-refractivity contribution in [3.8, 4) is 11.5 Å². The van der Waals surface area contributed by atoms with E-state index in [9.17, 15) is 4.79 Å². The summed E-state index contributed by atoms with van der Waals surface area (Å²) < 4.78 is 10.6. The first-order chi connectivity index (χ1) is 12.1. The van der Waals surface area contributed by atoms with Crippen LogP contribution in [0.15, 0.2) is 42.5 Å². The van der Waals surface area contributed by atoms with Gasteiger partial charge in [-0.3, -0.25) is 4.79 Å². The summed E-state index contributed by atoms with van der Waals surface area (Å²) in [6, 6.07) is 14.4. The molecule has 0 saturated carbocycles. The highest BCUT2D eigenvalue weighted by molar-refractivity contribution is 8.00. The molecule has 0 aliphatic carbocycles. The number of nitrogens with zero attached hydrogens (tertiary/aromatic N) is 1. The predicted molar refractivity (Wildman–Crippen MR) is 101 cm³/mol. The molecule has 4 nitrogen and oxygen atoms in total. The van der Waals surface area contributed by atoms with E-state index in [1.165, 1.54) is 11.1 Å². The van der Waals surface area contributed by atoms with Crippen LogP contribution in [0.3, 0.4) is 0 Å². The predicted octanol–water partition coefficient (Wildman–Crippen LogP) is 3.83. The Balaban J connectivity index is 1.72. The summed E-state index contributed by atoms with van der Waals surface area (Å²) >= 11 is 1.70. The molecule has 1 saturated heterocycles. The number of benzene rings is 2. The van der Waals surface area contributed by atoms with Crippen LogP contribution in [0.25, 0.3) is 0 Å². The van der Waals surface area contributed by atoms with Crippen LogP contribution in [0.5, 0.6) is 11.5 Å². The number of methoxy groups -OCH3 is 2. The van der Waals surface area contributed by atoms with Gasteiger partial charge in [0.2, 0.25) is 5.91 Å². The SMILES string of the molecule is COc1ccc(CCN2C(=O)CSC2c2ccc(C)cc2)cc1OC. The van der Waals surface area contributed by atoms with E-state index in [2.05, 4.69) is 31.2 Å². The quantitative estimate of drug-likeness (QED) is 0.788. The summed E-state index contributed by atoms with van der Waals surface area (Å²) in [6.45, 7) is 2.77. The Kier molecular flexibility index (Phi) is 5.53. The monoisotopic (exact) mass is 357 g/mol. The van der Waals surface area contributed by atoms with Crippen molar-refractivity contribution in [3.63, 3.8) is 0 Å². The molecule has 132 valence electrons. The standard InChI is InChI=1S/C20H23NO3S/c1-14-4-7-16(8-5-14)20-21(19(22)13-25-20)11-10-15-6-9-17(23-2)18(12-15)24-3/h4-9,12,20H,10-11,13H2,1-3H3. The average Bonchev–Trinajstić information content (AvgIpc) is 3.01. The second-order valence-electron chi connectivity index (χ2n) is 6.10. The third-order valence-corrected chi connectivity index (χ3v) is 5.68. The topological polar surface area (TPSA) is 38.8 Å². The molecule has 25 heavy (non-hydrogen) atoms. The van der Waals surface area contributed by atoms with Gasteiger partial charge in [-0.05, 0) is 36.6 Å². The molecule has 1 aliphatic rings. The van der Waals surface area contributed by atoms with Gasteiger partial charge in [0.25, 0.3) is 0 Å². The summed E-state index contributed by atoms with van der Waals surface area (Å²) in [5, 5.41) is 0.105. The number of rotatable bonds is 6. The molecule has 1 amide bonds. The van der Waals surface area contributed by atoms with Crippen LogP contribution in [0.2, 0.25) is 0 Å². The Morgan fingerprint density at radius 2 is 1.80 bits per heavy atom. The molecule has 0 aromatic heterocycles. The van der Waals surface area contributed by atoms with Gasteiger partial charge in [-0.2, -0.15) is 0 Å². The van der Waals surface area contributed by atoms with Crippen LogP contribution in [0, 0.1) is 6.92 Å². The first kappa shape index (κ1) is 17.7. The molecule has 5 heteroatoms. The molecule has 0 radical (unpaired) electrons. The van der Waals surface area contributed by atoms with Gasteiger partial charge in [0.15, 0.2) is 11.5 Å². The number of aryl methyl sites for hydroxylation is 1. The second kappa shape index (κ2) is 7.83. The van der Waals surface area contributed by atoms with Crippen LogP contribution in [0.1, 0.15) is 22.1 Å². The molecule has 1 aliphatic heterocycles. The minimum absolute atomic E-state index is 0.105. The number of ether oxygens (including phenoxy) is 2. The van der Waals surface area contributed by atoms with Gasteiger partial charge >= 0.3 is 0 Å². The Morgan fingerprint density at radius 3 is 2.48 bits per heavy atom. The zero-order chi connectivity index (χ0) is 17.8. The largest absolute Gasteiger partial charge is 0.493 e. The molecule has 2 aromatic carbocycles. The van der Waals surface area contributed by atoms with Gasteiger partial charge in [-0.15, -0.1) is 11.8 Å². The Labute approximate surface area is 153 Å². The minimum Gasteiger partial charge on any atom is -0.493 e. The van der Waals surface area contributed by atoms with Crippen LogP contribution >= 0.6 is 11.8 Å². The van der Waals surface area contributed by atoms with E-state index >= 15 is 0 Å². The normalized spacial score (nSPS) is 17.0. The highest BCUT2D eigenvalue weighted by atomic mass is 32.2. The van der Waals surface area contributed by atoms with E-state index < -0.39 is 0 Å². The molecule has 0 bridgehead atoms. The molecule has 1 heterocycles. The smallest absolute Gasteiger partial charge is 0.233 e. The van der Waals surface area contributed by atoms with Crippen molar-refractivity contribution in [2.24, 2.45) is 0 Å². The van der Waals surface area contributed by atoms with Gasteiger partial charge in [0.05, 0.1) is 20.0 Å². The van der Waals surface area contributed by atoms with Crippen LogP contribution in [0.4, 0.5) is 0 Å². The summed E-state index contributed by atoms with van der Waals surface area (Å²) in [6.07, 6.45) is 0.787. The van der Waals surface area contributed by atoms with Crippen molar-refractivity contribution >= 4 is 17.7 Å². The number of amides is 1. The van der Waals surface area contributed by atoms with Crippen molar-refractivity contribution in [2.45, 2.75) is 18.7 Å². The van der Waals surface area contributed by atoms with E-state index in [0.717, 1.165) is 23.5 Å². The number of carbonyl (C=O) groups excluding carboxylic acids is 1. The molecule has 0 spiro atoms. The molecule has 2 aromatic rings. The molecular formula is C20H23NO3S. The van der Waals surface area contributed by atoms with Gasteiger partial charge in [0.1, 0.15) is 5.37 Å². The van der Waals surface area contributed by atoms with Gasteiger partial charge in [-0.1, -0.05) is 35.9 Å². The van der Waals surface area contributed by atoms with Crippen LogP contribution < -0.4 is 9.47 Å². The first-order valence-electron chi connectivity index (χ1n) is 8.31. The van der Waals surface area contributed by atoms with Crippen LogP contribution in [-0.4, -0.2) is 37.3 Å². The lowest BCUT2D eigenvalue weighted by Gasteiger charge is -2.24. The number of hydrogen-bond donors (Lipinski definition) is 0. The fraction of sp³-hybridized carbons (Fsp3) is 0.350. The Bertz CT molecular complexity index is 745. The third-order valence-electron chi connectivity index (χ3n) is 4.42. The second-order valence-corrected chi connectivity index (χ2v) is 7.17. The van der Waals surface area contributed by atoms with E-state index in [4.69, 9.17) is 9.47 Å². The zero-order valence-corrected chi connectivity index (χ0v) is 15.6. The first-order valence-corrected chi connectivity index (χ1v) is 9.36. The summed E-state index contributed by atoms with van der Waals surface area (Å²) in [5.74, 6) is 2.19. The Morgan fingerprint density at radius 1 is 1.08 bits per heavy atom. The lowest BCUT2D eigenvalue weighted by Crippen LogP contribution is -2.30. The molecule has 1 fully saturated rings. The highest BCUT2D eigenvalue weighted by Gasteiger charge is 2.32. The number of hydrogen-bond acceptors (Lipinski definition) is 4. The molecule has 3 rings (SSSR count). The molecule has 0 N–H and O–H groups in total. The van der Waals surface area contributed by atoms with E-state index in [1.807, 2.05) is 23.1 Å². The van der Waals surface area contributed by atoms with Gasteiger partial charge in [-0.25, -0.2) is 0 Å². The maximum atomic E-state index is 12.3. The van der Waals surface area contributed by atoms with E-state index in [1.54, 1.807) is 26.0 Å². The fourth-order valence-electron chi connectivity index (χ4n) is 2.99. The molecule has 1 atom stereocenters. The lowest BCUT2D eigenvalue weighted by atomic mass is 10.1. The Hall–Kier alpha value is -2.14. The average molecular weight is 357 g/mol. The minimum atomic E-state index is 0.105. The van der Waals surface area contributed by atoms with Gasteiger partial charge < -0.3 is 14.4 Å². The zero-order valence-electron chi connectivity index (χ0n) is 14.8. The number of thioether (sulfide) groups is 1. The fourth-order valence-corrected chi connectivity index (χ4v) is 4.21. The van der Waals surface area contributed by atoms with E-state index in [0.29, 0.717) is 12.3 Å². The van der Waals surface area contributed by atoms with Crippen molar-refractivity contribution in [2.75, 3.05) is 26.5 Å². The highest BCUT2D eigenvalue weighted by Crippen LogP contribution is 2.38. The van der Waals surface area contributed by atoms with Crippen molar-refractivity contribution < 1.29 is 14.3 Å². The third kappa shape index (κ3) is 3.93. The lowest BCUT2D eigenvalue weighted by molar-refractivity contribution is -0.128. The van der Waals surface area contributed by atoms with Crippen molar-refractivity contribution in [1.29, 1.82) is 0 Å². The maximum absolute atomic E-state index is 12.3. The maximum Gasteiger partial charge on any atom is 0.233 e. The van der Waals surface area contributed by atoms with Crippen molar-refractivity contribution in [1.82, 2.24) is 4.90 Å². The summed E-state index contributed by atoms with van der Waals surface area (Å²) in [7, 11) is 3.26. The van der Waals surface area contributed by atoms with Gasteiger partial charge in [0, 0.05) is 6.54 Å². The van der Waals surface area contributed by atoms with E-state index in [-0.39, 0.29) is 11.3 Å².